The van der Waals surface area contributed by atoms with Gasteiger partial charge in [-0.15, -0.1) is 11.6 Å². The first-order chi connectivity index (χ1) is 8.79. The smallest absolute Gasteiger partial charge is 0.136 e. The Kier molecular flexibility index (Phi) is 3.39. The second-order valence-electron chi connectivity index (χ2n) is 5.30. The van der Waals surface area contributed by atoms with Crippen LogP contribution in [-0.2, 0) is 5.88 Å². The standard InChI is InChI=1S/C13H19ClN4/c1-10-7-17-4-2-3-12(17)8-18(10)13-11(5-14)6-15-9-16-13/h6,9-10,12H,2-5,7-8H2,1H3. The van der Waals surface area contributed by atoms with Crippen LogP contribution >= 0.6 is 11.6 Å². The van der Waals surface area contributed by atoms with Crippen LogP contribution in [0.15, 0.2) is 12.5 Å². The van der Waals surface area contributed by atoms with Gasteiger partial charge in [-0.05, 0) is 26.3 Å². The average Bonchev–Trinajstić information content (AvgIpc) is 2.84. The van der Waals surface area contributed by atoms with Crippen LogP contribution < -0.4 is 4.90 Å². The lowest BCUT2D eigenvalue weighted by Gasteiger charge is -2.43. The van der Waals surface area contributed by atoms with Gasteiger partial charge in [0.15, 0.2) is 0 Å². The number of anilines is 1. The molecule has 1 aromatic rings. The minimum Gasteiger partial charge on any atom is -0.351 e. The van der Waals surface area contributed by atoms with Gasteiger partial charge in [-0.2, -0.15) is 0 Å². The number of hydrogen-bond donors (Lipinski definition) is 0. The van der Waals surface area contributed by atoms with Gasteiger partial charge in [-0.3, -0.25) is 4.90 Å². The third-order valence-electron chi connectivity index (χ3n) is 4.12. The van der Waals surface area contributed by atoms with Gasteiger partial charge in [0.1, 0.15) is 12.1 Å². The van der Waals surface area contributed by atoms with Gasteiger partial charge in [-0.25, -0.2) is 9.97 Å². The highest BCUT2D eigenvalue weighted by Crippen LogP contribution is 2.29. The van der Waals surface area contributed by atoms with Crippen molar-refractivity contribution >= 4 is 17.4 Å². The summed E-state index contributed by atoms with van der Waals surface area (Å²) in [6, 6.07) is 1.19. The number of hydrogen-bond acceptors (Lipinski definition) is 4. The van der Waals surface area contributed by atoms with E-state index in [1.807, 2.05) is 6.20 Å². The lowest BCUT2D eigenvalue weighted by Crippen LogP contribution is -2.55. The van der Waals surface area contributed by atoms with E-state index in [0.717, 1.165) is 24.5 Å². The predicted molar refractivity (Wildman–Crippen MR) is 73.0 cm³/mol. The molecule has 2 atom stereocenters. The van der Waals surface area contributed by atoms with Crippen molar-refractivity contribution in [3.63, 3.8) is 0 Å². The molecule has 98 valence electrons. The monoisotopic (exact) mass is 266 g/mol. The van der Waals surface area contributed by atoms with Crippen molar-refractivity contribution < 1.29 is 0 Å². The Morgan fingerprint density at radius 3 is 3.17 bits per heavy atom. The number of nitrogens with zero attached hydrogens (tertiary/aromatic N) is 4. The Morgan fingerprint density at radius 2 is 2.33 bits per heavy atom. The molecule has 0 spiro atoms. The van der Waals surface area contributed by atoms with E-state index >= 15 is 0 Å². The van der Waals surface area contributed by atoms with Crippen molar-refractivity contribution in [3.8, 4) is 0 Å². The first-order valence-corrected chi connectivity index (χ1v) is 7.18. The highest BCUT2D eigenvalue weighted by atomic mass is 35.5. The molecule has 3 rings (SSSR count). The van der Waals surface area contributed by atoms with Crippen LogP contribution in [0, 0.1) is 0 Å². The van der Waals surface area contributed by atoms with Crippen LogP contribution in [0.3, 0.4) is 0 Å². The Balaban J connectivity index is 1.86. The summed E-state index contributed by atoms with van der Waals surface area (Å²) in [5.41, 5.74) is 1.04. The van der Waals surface area contributed by atoms with E-state index < -0.39 is 0 Å². The van der Waals surface area contributed by atoms with Gasteiger partial charge in [0.2, 0.25) is 0 Å². The fourth-order valence-electron chi connectivity index (χ4n) is 3.19. The topological polar surface area (TPSA) is 32.3 Å². The maximum atomic E-state index is 5.99. The summed E-state index contributed by atoms with van der Waals surface area (Å²) in [7, 11) is 0. The normalized spacial score (nSPS) is 28.4. The molecule has 0 aromatic carbocycles. The summed E-state index contributed by atoms with van der Waals surface area (Å²) >= 11 is 5.99. The van der Waals surface area contributed by atoms with Gasteiger partial charge in [-0.1, -0.05) is 0 Å². The van der Waals surface area contributed by atoms with E-state index in [1.54, 1.807) is 6.33 Å². The van der Waals surface area contributed by atoms with E-state index in [-0.39, 0.29) is 0 Å². The number of alkyl halides is 1. The quantitative estimate of drug-likeness (QED) is 0.766. The Hall–Kier alpha value is -0.870. The van der Waals surface area contributed by atoms with Crippen molar-refractivity contribution in [2.75, 3.05) is 24.5 Å². The second-order valence-corrected chi connectivity index (χ2v) is 5.56. The lowest BCUT2D eigenvalue weighted by atomic mass is 10.1. The van der Waals surface area contributed by atoms with Gasteiger partial charge in [0, 0.05) is 36.9 Å². The molecule has 2 aliphatic heterocycles. The SMILES string of the molecule is CC1CN2CCCC2CN1c1ncncc1CCl. The third-order valence-corrected chi connectivity index (χ3v) is 4.41. The first kappa shape index (κ1) is 12.2. The number of aromatic nitrogens is 2. The summed E-state index contributed by atoms with van der Waals surface area (Å²) in [4.78, 5) is 13.5. The van der Waals surface area contributed by atoms with Crippen molar-refractivity contribution in [2.24, 2.45) is 0 Å². The van der Waals surface area contributed by atoms with Crippen LogP contribution in [0.1, 0.15) is 25.3 Å². The zero-order valence-corrected chi connectivity index (χ0v) is 11.5. The molecule has 4 nitrogen and oxygen atoms in total. The van der Waals surface area contributed by atoms with E-state index in [2.05, 4.69) is 26.7 Å². The van der Waals surface area contributed by atoms with Gasteiger partial charge < -0.3 is 4.90 Å². The van der Waals surface area contributed by atoms with Crippen LogP contribution in [0.25, 0.3) is 0 Å². The molecule has 2 aliphatic rings. The summed E-state index contributed by atoms with van der Waals surface area (Å²) in [6.07, 6.45) is 6.10. The average molecular weight is 267 g/mol. The highest BCUT2D eigenvalue weighted by Gasteiger charge is 2.35. The number of rotatable bonds is 2. The zero-order valence-electron chi connectivity index (χ0n) is 10.7. The summed E-state index contributed by atoms with van der Waals surface area (Å²) in [5, 5.41) is 0. The molecular formula is C13H19ClN4. The molecule has 0 bridgehead atoms. The first-order valence-electron chi connectivity index (χ1n) is 6.65. The minimum absolute atomic E-state index is 0.480. The molecule has 0 radical (unpaired) electrons. The minimum atomic E-state index is 0.480. The van der Waals surface area contributed by atoms with E-state index in [1.165, 1.54) is 19.4 Å². The fourth-order valence-corrected chi connectivity index (χ4v) is 3.38. The summed E-state index contributed by atoms with van der Waals surface area (Å²) < 4.78 is 0. The molecule has 0 aliphatic carbocycles. The molecule has 3 heterocycles. The molecule has 2 saturated heterocycles. The fraction of sp³-hybridized carbons (Fsp3) is 0.692. The largest absolute Gasteiger partial charge is 0.351 e. The molecule has 1 aromatic heterocycles. The Bertz CT molecular complexity index is 425. The Morgan fingerprint density at radius 1 is 1.44 bits per heavy atom. The Labute approximate surface area is 113 Å². The molecule has 0 saturated carbocycles. The van der Waals surface area contributed by atoms with Crippen LogP contribution in [-0.4, -0.2) is 46.6 Å². The summed E-state index contributed by atoms with van der Waals surface area (Å²) in [6.45, 7) is 5.74. The highest BCUT2D eigenvalue weighted by molar-refractivity contribution is 6.17. The van der Waals surface area contributed by atoms with Crippen molar-refractivity contribution in [3.05, 3.63) is 18.1 Å². The second kappa shape index (κ2) is 5.02. The van der Waals surface area contributed by atoms with E-state index in [9.17, 15) is 0 Å². The van der Waals surface area contributed by atoms with Crippen LogP contribution in [0.5, 0.6) is 0 Å². The third kappa shape index (κ3) is 2.08. The number of fused-ring (bicyclic) bond motifs is 1. The molecule has 18 heavy (non-hydrogen) atoms. The molecule has 0 N–H and O–H groups in total. The van der Waals surface area contributed by atoms with Gasteiger partial charge >= 0.3 is 0 Å². The number of halogens is 1. The van der Waals surface area contributed by atoms with Crippen molar-refractivity contribution in [2.45, 2.75) is 37.7 Å². The molecule has 0 amide bonds. The maximum Gasteiger partial charge on any atom is 0.136 e. The zero-order chi connectivity index (χ0) is 12.5. The van der Waals surface area contributed by atoms with E-state index in [4.69, 9.17) is 11.6 Å². The van der Waals surface area contributed by atoms with Crippen LogP contribution in [0.2, 0.25) is 0 Å². The maximum absolute atomic E-state index is 5.99. The van der Waals surface area contributed by atoms with Crippen molar-refractivity contribution in [1.29, 1.82) is 0 Å². The molecular weight excluding hydrogens is 248 g/mol. The van der Waals surface area contributed by atoms with Crippen molar-refractivity contribution in [1.82, 2.24) is 14.9 Å². The number of piperazine rings is 1. The summed E-state index contributed by atoms with van der Waals surface area (Å²) in [5.74, 6) is 1.51. The van der Waals surface area contributed by atoms with Gasteiger partial charge in [0.25, 0.3) is 0 Å². The molecule has 2 unspecified atom stereocenters. The van der Waals surface area contributed by atoms with Gasteiger partial charge in [0.05, 0.1) is 5.88 Å². The molecule has 2 fully saturated rings. The van der Waals surface area contributed by atoms with Crippen LogP contribution in [0.4, 0.5) is 5.82 Å². The lowest BCUT2D eigenvalue weighted by molar-refractivity contribution is 0.202. The predicted octanol–water partition coefficient (Wildman–Crippen LogP) is 1.89. The van der Waals surface area contributed by atoms with E-state index in [0.29, 0.717) is 18.0 Å². The molecule has 5 heteroatoms.